The lowest BCUT2D eigenvalue weighted by Gasteiger charge is -2.25. The van der Waals surface area contributed by atoms with Crippen molar-refractivity contribution in [2.75, 3.05) is 31.3 Å². The standard InChI is InChI=1S/C20H23N3O6S/c1-12-9-15-17(29-13(2)20(25)22-15)10-18(12)30(26,27)23(3)11-19(24)21-14-7-5-6-8-16(14)28-4/h5-10,13H,11H2,1-4H3,(H,21,24)(H,22,25)/t13-/m0/s1. The lowest BCUT2D eigenvalue weighted by molar-refractivity contribution is -0.122. The van der Waals surface area contributed by atoms with Gasteiger partial charge in [0, 0.05) is 13.1 Å². The summed E-state index contributed by atoms with van der Waals surface area (Å²) in [6.45, 7) is 2.78. The zero-order valence-electron chi connectivity index (χ0n) is 17.1. The number of likely N-dealkylation sites (N-methyl/N-ethyl adjacent to an activating group) is 1. The normalized spacial score (nSPS) is 15.8. The van der Waals surface area contributed by atoms with Crippen LogP contribution in [0.1, 0.15) is 12.5 Å². The van der Waals surface area contributed by atoms with Gasteiger partial charge in [0.05, 0.1) is 29.9 Å². The first-order valence-corrected chi connectivity index (χ1v) is 10.6. The fourth-order valence-electron chi connectivity index (χ4n) is 3.01. The van der Waals surface area contributed by atoms with Gasteiger partial charge in [0.15, 0.2) is 6.10 Å². The SMILES string of the molecule is COc1ccccc1NC(=O)CN(C)S(=O)(=O)c1cc2c(cc1C)NC(=O)[C@H](C)O2. The number of para-hydroxylation sites is 2. The van der Waals surface area contributed by atoms with E-state index in [-0.39, 0.29) is 16.6 Å². The molecule has 0 unspecified atom stereocenters. The number of hydrogen-bond donors (Lipinski definition) is 2. The van der Waals surface area contributed by atoms with Crippen LogP contribution in [0.5, 0.6) is 11.5 Å². The van der Waals surface area contributed by atoms with E-state index in [1.165, 1.54) is 26.3 Å². The number of rotatable bonds is 6. The summed E-state index contributed by atoms with van der Waals surface area (Å²) >= 11 is 0. The largest absolute Gasteiger partial charge is 0.495 e. The van der Waals surface area contributed by atoms with Gasteiger partial charge in [-0.05, 0) is 37.6 Å². The molecule has 2 aromatic rings. The Balaban J connectivity index is 1.80. The highest BCUT2D eigenvalue weighted by Gasteiger charge is 2.30. The summed E-state index contributed by atoms with van der Waals surface area (Å²) in [4.78, 5) is 24.2. The minimum absolute atomic E-state index is 0.00260. The van der Waals surface area contributed by atoms with E-state index in [0.717, 1.165) is 4.31 Å². The van der Waals surface area contributed by atoms with Crippen molar-refractivity contribution >= 4 is 33.2 Å². The van der Waals surface area contributed by atoms with Crippen molar-refractivity contribution in [3.8, 4) is 11.5 Å². The molecule has 160 valence electrons. The number of methoxy groups -OCH3 is 1. The average molecular weight is 433 g/mol. The molecule has 2 amide bonds. The molecule has 1 atom stereocenters. The molecule has 0 bridgehead atoms. The molecule has 30 heavy (non-hydrogen) atoms. The molecular weight excluding hydrogens is 410 g/mol. The van der Waals surface area contributed by atoms with Crippen molar-refractivity contribution in [3.63, 3.8) is 0 Å². The molecule has 2 aromatic carbocycles. The third-order valence-corrected chi connectivity index (χ3v) is 6.59. The van der Waals surface area contributed by atoms with Crippen molar-refractivity contribution in [1.82, 2.24) is 4.31 Å². The van der Waals surface area contributed by atoms with Crippen molar-refractivity contribution in [3.05, 3.63) is 42.0 Å². The van der Waals surface area contributed by atoms with Crippen LogP contribution < -0.4 is 20.1 Å². The number of sulfonamides is 1. The number of nitrogens with one attached hydrogen (secondary N) is 2. The molecule has 3 rings (SSSR count). The predicted molar refractivity (Wildman–Crippen MR) is 111 cm³/mol. The van der Waals surface area contributed by atoms with E-state index < -0.39 is 28.6 Å². The molecule has 0 aliphatic carbocycles. The highest BCUT2D eigenvalue weighted by Crippen LogP contribution is 2.35. The summed E-state index contributed by atoms with van der Waals surface area (Å²) in [6.07, 6.45) is -0.736. The Bertz CT molecular complexity index is 1100. The molecule has 1 aliphatic heterocycles. The highest BCUT2D eigenvalue weighted by molar-refractivity contribution is 7.89. The Kier molecular flexibility index (Phi) is 5.99. The molecule has 0 saturated heterocycles. The van der Waals surface area contributed by atoms with Crippen molar-refractivity contribution < 1.29 is 27.5 Å². The van der Waals surface area contributed by atoms with Crippen LogP contribution in [0.25, 0.3) is 0 Å². The van der Waals surface area contributed by atoms with E-state index in [1.807, 2.05) is 0 Å². The van der Waals surface area contributed by atoms with Gasteiger partial charge in [0.1, 0.15) is 11.5 Å². The topological polar surface area (TPSA) is 114 Å². The van der Waals surface area contributed by atoms with Gasteiger partial charge in [-0.3, -0.25) is 9.59 Å². The minimum Gasteiger partial charge on any atom is -0.495 e. The molecule has 10 heteroatoms. The first-order chi connectivity index (χ1) is 14.1. The molecule has 1 heterocycles. The maximum Gasteiger partial charge on any atom is 0.265 e. The van der Waals surface area contributed by atoms with Crippen LogP contribution in [0.15, 0.2) is 41.3 Å². The van der Waals surface area contributed by atoms with Crippen LogP contribution in [0.2, 0.25) is 0 Å². The molecule has 0 saturated carbocycles. The number of amides is 2. The Morgan fingerprint density at radius 1 is 1.30 bits per heavy atom. The van der Waals surface area contributed by atoms with E-state index in [4.69, 9.17) is 9.47 Å². The number of carbonyl (C=O) groups excluding carboxylic acids is 2. The lowest BCUT2D eigenvalue weighted by Crippen LogP contribution is -2.36. The molecule has 9 nitrogen and oxygen atoms in total. The van der Waals surface area contributed by atoms with Crippen LogP contribution in [-0.4, -0.2) is 51.3 Å². The lowest BCUT2D eigenvalue weighted by atomic mass is 10.1. The summed E-state index contributed by atoms with van der Waals surface area (Å²) < 4.78 is 37.8. The van der Waals surface area contributed by atoms with E-state index >= 15 is 0 Å². The summed E-state index contributed by atoms with van der Waals surface area (Å²) in [5, 5.41) is 5.33. The van der Waals surface area contributed by atoms with Gasteiger partial charge in [-0.1, -0.05) is 12.1 Å². The third kappa shape index (κ3) is 4.24. The number of aryl methyl sites for hydroxylation is 1. The van der Waals surface area contributed by atoms with Gasteiger partial charge < -0.3 is 20.1 Å². The van der Waals surface area contributed by atoms with Crippen LogP contribution in [0.3, 0.4) is 0 Å². The number of nitrogens with zero attached hydrogens (tertiary/aromatic N) is 1. The Labute approximate surface area is 175 Å². The quantitative estimate of drug-likeness (QED) is 0.720. The highest BCUT2D eigenvalue weighted by atomic mass is 32.2. The number of benzene rings is 2. The Morgan fingerprint density at radius 3 is 2.70 bits per heavy atom. The average Bonchev–Trinajstić information content (AvgIpc) is 2.69. The molecule has 1 aliphatic rings. The van der Waals surface area contributed by atoms with Gasteiger partial charge in [0.25, 0.3) is 5.91 Å². The summed E-state index contributed by atoms with van der Waals surface area (Å²) in [6, 6.07) is 9.74. The number of hydrogen-bond acceptors (Lipinski definition) is 6. The predicted octanol–water partition coefficient (Wildman–Crippen LogP) is 1.98. The van der Waals surface area contributed by atoms with E-state index in [1.54, 1.807) is 38.1 Å². The number of anilines is 2. The number of ether oxygens (including phenoxy) is 2. The zero-order valence-corrected chi connectivity index (χ0v) is 17.9. The second-order valence-corrected chi connectivity index (χ2v) is 8.89. The maximum absolute atomic E-state index is 13.1. The second kappa shape index (κ2) is 8.33. The van der Waals surface area contributed by atoms with E-state index in [0.29, 0.717) is 22.7 Å². The monoisotopic (exact) mass is 433 g/mol. The van der Waals surface area contributed by atoms with Crippen LogP contribution in [-0.2, 0) is 19.6 Å². The maximum atomic E-state index is 13.1. The summed E-state index contributed by atoms with van der Waals surface area (Å²) in [7, 11) is -1.19. The molecule has 0 aromatic heterocycles. The fraction of sp³-hybridized carbons (Fsp3) is 0.300. The molecule has 0 fully saturated rings. The number of carbonyl (C=O) groups is 2. The van der Waals surface area contributed by atoms with Crippen molar-refractivity contribution in [2.45, 2.75) is 24.8 Å². The van der Waals surface area contributed by atoms with Crippen LogP contribution >= 0.6 is 0 Å². The van der Waals surface area contributed by atoms with Crippen molar-refractivity contribution in [1.29, 1.82) is 0 Å². The van der Waals surface area contributed by atoms with Gasteiger partial charge in [0.2, 0.25) is 15.9 Å². The fourth-order valence-corrected chi connectivity index (χ4v) is 4.36. The zero-order chi connectivity index (χ0) is 22.1. The first-order valence-electron chi connectivity index (χ1n) is 9.15. The van der Waals surface area contributed by atoms with E-state index in [9.17, 15) is 18.0 Å². The van der Waals surface area contributed by atoms with Gasteiger partial charge in [-0.25, -0.2) is 8.42 Å². The molecule has 0 radical (unpaired) electrons. The summed E-state index contributed by atoms with van der Waals surface area (Å²) in [5.41, 5.74) is 1.27. The minimum atomic E-state index is -3.99. The van der Waals surface area contributed by atoms with Crippen LogP contribution in [0, 0.1) is 6.92 Å². The molecular formula is C20H23N3O6S. The first kappa shape index (κ1) is 21.6. The van der Waals surface area contributed by atoms with Gasteiger partial charge in [-0.15, -0.1) is 0 Å². The van der Waals surface area contributed by atoms with Gasteiger partial charge >= 0.3 is 0 Å². The summed E-state index contributed by atoms with van der Waals surface area (Å²) in [5.74, 6) is -0.0886. The smallest absolute Gasteiger partial charge is 0.265 e. The second-order valence-electron chi connectivity index (χ2n) is 6.87. The molecule has 0 spiro atoms. The van der Waals surface area contributed by atoms with Crippen molar-refractivity contribution in [2.24, 2.45) is 0 Å². The van der Waals surface area contributed by atoms with Gasteiger partial charge in [-0.2, -0.15) is 4.31 Å². The Hall–Kier alpha value is -3.11. The van der Waals surface area contributed by atoms with E-state index in [2.05, 4.69) is 10.6 Å². The third-order valence-electron chi connectivity index (χ3n) is 4.64. The number of fused-ring (bicyclic) bond motifs is 1. The Morgan fingerprint density at radius 2 is 2.00 bits per heavy atom. The van der Waals surface area contributed by atoms with Crippen LogP contribution in [0.4, 0.5) is 11.4 Å². The molecule has 2 N–H and O–H groups in total.